The van der Waals surface area contributed by atoms with E-state index in [1.54, 1.807) is 24.3 Å². The van der Waals surface area contributed by atoms with Crippen molar-refractivity contribution in [3.63, 3.8) is 0 Å². The summed E-state index contributed by atoms with van der Waals surface area (Å²) >= 11 is 0. The Bertz CT molecular complexity index is 600. The summed E-state index contributed by atoms with van der Waals surface area (Å²) in [5.74, 6) is -1.19. The number of carboxylic acids is 1. The second kappa shape index (κ2) is 4.98. The summed E-state index contributed by atoms with van der Waals surface area (Å²) in [6.45, 7) is 2.07. The zero-order valence-corrected chi connectivity index (χ0v) is 11.8. The van der Waals surface area contributed by atoms with Gasteiger partial charge in [0.1, 0.15) is 0 Å². The zero-order chi connectivity index (χ0) is 15.1. The summed E-state index contributed by atoms with van der Waals surface area (Å²) in [6.07, 6.45) is 1.41. The molecule has 1 heterocycles. The number of hydrogen-bond acceptors (Lipinski definition) is 3. The number of anilines is 1. The van der Waals surface area contributed by atoms with E-state index in [4.69, 9.17) is 5.11 Å². The molecule has 0 radical (unpaired) electrons. The van der Waals surface area contributed by atoms with Gasteiger partial charge in [-0.25, -0.2) is 0 Å². The van der Waals surface area contributed by atoms with Crippen molar-refractivity contribution in [3.8, 4) is 0 Å². The fraction of sp³-hybridized carbons (Fsp3) is 0.438. The molecule has 2 unspecified atom stereocenters. The van der Waals surface area contributed by atoms with Gasteiger partial charge in [-0.15, -0.1) is 0 Å². The van der Waals surface area contributed by atoms with Crippen molar-refractivity contribution in [2.75, 3.05) is 4.90 Å². The van der Waals surface area contributed by atoms with Gasteiger partial charge in [-0.3, -0.25) is 19.3 Å². The van der Waals surface area contributed by atoms with Gasteiger partial charge in [0.25, 0.3) is 0 Å². The van der Waals surface area contributed by atoms with Crippen LogP contribution in [0, 0.1) is 17.8 Å². The zero-order valence-electron chi connectivity index (χ0n) is 11.8. The predicted octanol–water partition coefficient (Wildman–Crippen LogP) is 1.85. The molecule has 1 N–H and O–H groups in total. The minimum atomic E-state index is -0.933. The van der Waals surface area contributed by atoms with Crippen molar-refractivity contribution < 1.29 is 19.5 Å². The average Bonchev–Trinajstić information content (AvgIpc) is 2.89. The van der Waals surface area contributed by atoms with Crippen molar-refractivity contribution in [1.82, 2.24) is 0 Å². The van der Waals surface area contributed by atoms with Crippen LogP contribution in [0.5, 0.6) is 0 Å². The lowest BCUT2D eigenvalue weighted by Crippen LogP contribution is -2.32. The van der Waals surface area contributed by atoms with Crippen LogP contribution in [0.4, 0.5) is 5.69 Å². The summed E-state index contributed by atoms with van der Waals surface area (Å²) in [5.41, 5.74) is 1.08. The molecule has 2 fully saturated rings. The summed E-state index contributed by atoms with van der Waals surface area (Å²) in [4.78, 5) is 37.0. The number of aliphatic carboxylic acids is 1. The van der Waals surface area contributed by atoms with E-state index >= 15 is 0 Å². The maximum absolute atomic E-state index is 12.5. The highest BCUT2D eigenvalue weighted by atomic mass is 16.4. The number of benzene rings is 1. The van der Waals surface area contributed by atoms with Gasteiger partial charge < -0.3 is 5.11 Å². The summed E-state index contributed by atoms with van der Waals surface area (Å²) in [5, 5.41) is 8.84. The molecule has 0 bridgehead atoms. The molecule has 2 atom stereocenters. The fourth-order valence-corrected chi connectivity index (χ4v) is 3.51. The van der Waals surface area contributed by atoms with Crippen molar-refractivity contribution in [1.29, 1.82) is 0 Å². The van der Waals surface area contributed by atoms with Gasteiger partial charge in [0.2, 0.25) is 11.8 Å². The summed E-state index contributed by atoms with van der Waals surface area (Å²) in [7, 11) is 0. The third kappa shape index (κ3) is 2.33. The lowest BCUT2D eigenvalue weighted by atomic mass is 10.00. The Hall–Kier alpha value is -2.17. The van der Waals surface area contributed by atoms with E-state index < -0.39 is 5.97 Å². The smallest absolute Gasteiger partial charge is 0.307 e. The van der Waals surface area contributed by atoms with Crippen LogP contribution in [0.2, 0.25) is 0 Å². The van der Waals surface area contributed by atoms with Gasteiger partial charge in [0, 0.05) is 0 Å². The van der Waals surface area contributed by atoms with Crippen LogP contribution >= 0.6 is 0 Å². The number of hydrogen-bond donors (Lipinski definition) is 1. The molecule has 0 aromatic heterocycles. The van der Waals surface area contributed by atoms with E-state index in [9.17, 15) is 14.4 Å². The van der Waals surface area contributed by atoms with Gasteiger partial charge in [-0.05, 0) is 36.5 Å². The van der Waals surface area contributed by atoms with Gasteiger partial charge in [0.05, 0.1) is 23.9 Å². The Morgan fingerprint density at radius 3 is 2.43 bits per heavy atom. The second-order valence-electron chi connectivity index (χ2n) is 6.04. The Morgan fingerprint density at radius 1 is 1.24 bits per heavy atom. The number of rotatable bonds is 3. The molecule has 1 saturated carbocycles. The molecule has 2 aliphatic rings. The quantitative estimate of drug-likeness (QED) is 0.861. The first-order chi connectivity index (χ1) is 9.97. The molecule has 5 nitrogen and oxygen atoms in total. The van der Waals surface area contributed by atoms with E-state index in [2.05, 4.69) is 6.92 Å². The van der Waals surface area contributed by atoms with Gasteiger partial charge >= 0.3 is 5.97 Å². The minimum Gasteiger partial charge on any atom is -0.481 e. The first-order valence-corrected chi connectivity index (χ1v) is 7.16. The maximum atomic E-state index is 12.5. The van der Waals surface area contributed by atoms with Crippen LogP contribution in [-0.4, -0.2) is 22.9 Å². The van der Waals surface area contributed by atoms with Crippen LogP contribution in [0.15, 0.2) is 24.3 Å². The van der Waals surface area contributed by atoms with E-state index in [0.29, 0.717) is 17.2 Å². The standard InChI is InChI=1S/C16H17NO4/c1-9-5-12-13(6-9)16(21)17(15(12)20)11-4-2-3-10(7-11)8-14(18)19/h2-4,7,9,12-13H,5-6,8H2,1H3,(H,18,19). The number of fused-ring (bicyclic) bond motifs is 1. The summed E-state index contributed by atoms with van der Waals surface area (Å²) < 4.78 is 0. The molecule has 1 aromatic rings. The number of nitrogens with zero attached hydrogens (tertiary/aromatic N) is 1. The first-order valence-electron chi connectivity index (χ1n) is 7.16. The molecule has 2 amide bonds. The maximum Gasteiger partial charge on any atom is 0.307 e. The Labute approximate surface area is 122 Å². The highest BCUT2D eigenvalue weighted by Crippen LogP contribution is 2.44. The van der Waals surface area contributed by atoms with Gasteiger partial charge in [-0.1, -0.05) is 19.1 Å². The van der Waals surface area contributed by atoms with Gasteiger partial charge in [0.15, 0.2) is 0 Å². The topological polar surface area (TPSA) is 74.7 Å². The minimum absolute atomic E-state index is 0.117. The van der Waals surface area contributed by atoms with Crippen LogP contribution in [0.3, 0.4) is 0 Å². The SMILES string of the molecule is CC1CC2C(=O)N(c3cccc(CC(=O)O)c3)C(=O)C2C1. The van der Waals surface area contributed by atoms with Crippen LogP contribution in [-0.2, 0) is 20.8 Å². The van der Waals surface area contributed by atoms with Crippen LogP contribution in [0.1, 0.15) is 25.3 Å². The van der Waals surface area contributed by atoms with Crippen molar-refractivity contribution in [2.45, 2.75) is 26.2 Å². The van der Waals surface area contributed by atoms with Crippen molar-refractivity contribution in [2.24, 2.45) is 17.8 Å². The molecule has 1 aliphatic carbocycles. The molecule has 1 aliphatic heterocycles. The van der Waals surface area contributed by atoms with Gasteiger partial charge in [-0.2, -0.15) is 0 Å². The third-order valence-corrected chi connectivity index (χ3v) is 4.40. The normalized spacial score (nSPS) is 28.0. The number of carbonyl (C=O) groups excluding carboxylic acids is 2. The summed E-state index contributed by atoms with van der Waals surface area (Å²) in [6, 6.07) is 6.68. The number of imide groups is 1. The molecule has 3 rings (SSSR count). The molecular weight excluding hydrogens is 270 g/mol. The molecule has 110 valence electrons. The molecule has 1 saturated heterocycles. The molecular formula is C16H17NO4. The first kappa shape index (κ1) is 13.8. The van der Waals surface area contributed by atoms with Crippen molar-refractivity contribution >= 4 is 23.5 Å². The van der Waals surface area contributed by atoms with E-state index in [0.717, 1.165) is 12.8 Å². The molecule has 5 heteroatoms. The van der Waals surface area contributed by atoms with Crippen LogP contribution in [0.25, 0.3) is 0 Å². The second-order valence-corrected chi connectivity index (χ2v) is 6.04. The van der Waals surface area contributed by atoms with E-state index in [1.807, 2.05) is 0 Å². The monoisotopic (exact) mass is 287 g/mol. The van der Waals surface area contributed by atoms with E-state index in [-0.39, 0.29) is 30.1 Å². The Balaban J connectivity index is 1.89. The number of carbonyl (C=O) groups is 3. The molecule has 21 heavy (non-hydrogen) atoms. The molecule has 1 aromatic carbocycles. The Morgan fingerprint density at radius 2 is 1.86 bits per heavy atom. The molecule has 0 spiro atoms. The average molecular weight is 287 g/mol. The number of amides is 2. The number of carboxylic acid groups (broad SMARTS) is 1. The van der Waals surface area contributed by atoms with E-state index in [1.165, 1.54) is 4.90 Å². The van der Waals surface area contributed by atoms with Crippen LogP contribution < -0.4 is 4.90 Å². The predicted molar refractivity (Wildman–Crippen MR) is 75.7 cm³/mol. The highest BCUT2D eigenvalue weighted by molar-refractivity contribution is 6.22. The van der Waals surface area contributed by atoms with Crippen molar-refractivity contribution in [3.05, 3.63) is 29.8 Å². The largest absolute Gasteiger partial charge is 0.481 e. The lowest BCUT2D eigenvalue weighted by molar-refractivity contribution is -0.136. The lowest BCUT2D eigenvalue weighted by Gasteiger charge is -2.17. The Kier molecular flexibility index (Phi) is 3.27. The fourth-order valence-electron chi connectivity index (χ4n) is 3.51. The third-order valence-electron chi connectivity index (χ3n) is 4.40. The highest BCUT2D eigenvalue weighted by Gasteiger charge is 2.52.